The predicted molar refractivity (Wildman–Crippen MR) is 107 cm³/mol. The van der Waals surface area contributed by atoms with E-state index in [4.69, 9.17) is 27.9 Å². The van der Waals surface area contributed by atoms with Crippen LogP contribution in [-0.4, -0.2) is 35.6 Å². The van der Waals surface area contributed by atoms with Gasteiger partial charge in [-0.2, -0.15) is 0 Å². The van der Waals surface area contributed by atoms with Gasteiger partial charge in [-0.05, 0) is 50.5 Å². The summed E-state index contributed by atoms with van der Waals surface area (Å²) in [7, 11) is 0. The molecule has 1 aliphatic rings. The minimum atomic E-state index is -0.253. The van der Waals surface area contributed by atoms with Crippen molar-refractivity contribution < 1.29 is 9.53 Å². The van der Waals surface area contributed by atoms with Crippen LogP contribution in [0.25, 0.3) is 0 Å². The number of anilines is 1. The van der Waals surface area contributed by atoms with Crippen molar-refractivity contribution in [2.75, 3.05) is 24.6 Å². The quantitative estimate of drug-likeness (QED) is 0.787. The van der Waals surface area contributed by atoms with E-state index in [0.717, 1.165) is 43.3 Å². The fraction of sp³-hybridized carbons (Fsp3) is 0.421. The summed E-state index contributed by atoms with van der Waals surface area (Å²) in [4.78, 5) is 23.4. The molecule has 0 unspecified atom stereocenters. The first-order valence-electron chi connectivity index (χ1n) is 8.95. The van der Waals surface area contributed by atoms with Crippen LogP contribution in [0.3, 0.4) is 0 Å². The maximum absolute atomic E-state index is 12.1. The fourth-order valence-electron chi connectivity index (χ4n) is 2.92. The lowest BCUT2D eigenvalue weighted by atomic mass is 10.1. The van der Waals surface area contributed by atoms with Gasteiger partial charge in [0.05, 0.1) is 17.3 Å². The molecular weight excluding hydrogens is 387 g/mol. The van der Waals surface area contributed by atoms with E-state index in [-0.39, 0.29) is 12.5 Å². The van der Waals surface area contributed by atoms with Crippen LogP contribution in [0.15, 0.2) is 24.3 Å². The molecule has 8 heteroatoms. The molecule has 144 valence electrons. The van der Waals surface area contributed by atoms with Crippen LogP contribution in [0.1, 0.15) is 30.7 Å². The second-order valence-corrected chi connectivity index (χ2v) is 7.33. The van der Waals surface area contributed by atoms with E-state index in [2.05, 4.69) is 20.2 Å². The van der Waals surface area contributed by atoms with Crippen molar-refractivity contribution in [1.82, 2.24) is 15.3 Å². The lowest BCUT2D eigenvalue weighted by molar-refractivity contribution is -0.123. The summed E-state index contributed by atoms with van der Waals surface area (Å²) < 4.78 is 5.44. The van der Waals surface area contributed by atoms with Gasteiger partial charge in [0.25, 0.3) is 5.91 Å². The van der Waals surface area contributed by atoms with Gasteiger partial charge in [0, 0.05) is 23.8 Å². The van der Waals surface area contributed by atoms with E-state index in [1.165, 1.54) is 6.42 Å². The number of aromatic nitrogens is 2. The van der Waals surface area contributed by atoms with E-state index in [1.807, 2.05) is 13.0 Å². The van der Waals surface area contributed by atoms with Crippen molar-refractivity contribution in [2.45, 2.75) is 32.7 Å². The number of amides is 1. The van der Waals surface area contributed by atoms with Crippen molar-refractivity contribution in [3.63, 3.8) is 0 Å². The van der Waals surface area contributed by atoms with Crippen molar-refractivity contribution in [3.05, 3.63) is 45.7 Å². The Bertz CT molecular complexity index is 810. The van der Waals surface area contributed by atoms with E-state index in [1.54, 1.807) is 18.2 Å². The minimum Gasteiger partial charge on any atom is -0.482 e. The molecule has 1 amide bonds. The molecule has 27 heavy (non-hydrogen) atoms. The van der Waals surface area contributed by atoms with Crippen LogP contribution < -0.4 is 15.0 Å². The monoisotopic (exact) mass is 408 g/mol. The average Bonchev–Trinajstić information content (AvgIpc) is 2.66. The molecule has 2 heterocycles. The molecule has 2 aromatic rings. The van der Waals surface area contributed by atoms with Gasteiger partial charge in [-0.3, -0.25) is 4.79 Å². The molecule has 0 saturated carbocycles. The fourth-order valence-corrected chi connectivity index (χ4v) is 3.38. The molecule has 0 spiro atoms. The summed E-state index contributed by atoms with van der Waals surface area (Å²) in [5, 5.41) is 3.70. The van der Waals surface area contributed by atoms with Crippen LogP contribution in [0.4, 0.5) is 5.95 Å². The van der Waals surface area contributed by atoms with Crippen LogP contribution in [0.2, 0.25) is 10.0 Å². The number of carbonyl (C=O) groups excluding carboxylic acids is 1. The molecule has 0 radical (unpaired) electrons. The first-order valence-corrected chi connectivity index (χ1v) is 9.71. The number of aryl methyl sites for hydroxylation is 1. The van der Waals surface area contributed by atoms with Gasteiger partial charge < -0.3 is 15.0 Å². The number of rotatable bonds is 6. The standard InChI is InChI=1S/C19H22Cl2N4O2/c1-13-9-15(24-19(23-13)25-7-3-2-4-8-25)11-22-18(26)12-27-17-6-5-14(20)10-16(17)21/h5-6,9-10H,2-4,7-8,11-12H2,1H3,(H,22,26). The van der Waals surface area contributed by atoms with Crippen LogP contribution in [0.5, 0.6) is 5.75 Å². The lowest BCUT2D eigenvalue weighted by Crippen LogP contribution is -2.32. The number of benzene rings is 1. The molecule has 1 aliphatic heterocycles. The van der Waals surface area contributed by atoms with Crippen LogP contribution >= 0.6 is 23.2 Å². The first kappa shape index (κ1) is 19.7. The summed E-state index contributed by atoms with van der Waals surface area (Å²) in [6.45, 7) is 4.08. The highest BCUT2D eigenvalue weighted by Gasteiger charge is 2.15. The molecule has 0 atom stereocenters. The van der Waals surface area contributed by atoms with Crippen LogP contribution in [-0.2, 0) is 11.3 Å². The maximum atomic E-state index is 12.1. The molecule has 1 N–H and O–H groups in total. The Morgan fingerprint density at radius 1 is 1.19 bits per heavy atom. The summed E-state index contributed by atoms with van der Waals surface area (Å²) in [5.41, 5.74) is 1.67. The van der Waals surface area contributed by atoms with Gasteiger partial charge in [-0.15, -0.1) is 0 Å². The Balaban J connectivity index is 1.54. The molecule has 1 saturated heterocycles. The van der Waals surface area contributed by atoms with Gasteiger partial charge in [-0.25, -0.2) is 9.97 Å². The van der Waals surface area contributed by atoms with Gasteiger partial charge >= 0.3 is 0 Å². The largest absolute Gasteiger partial charge is 0.482 e. The normalized spacial score (nSPS) is 14.1. The topological polar surface area (TPSA) is 67.3 Å². The Morgan fingerprint density at radius 3 is 2.70 bits per heavy atom. The molecule has 6 nitrogen and oxygen atoms in total. The van der Waals surface area contributed by atoms with E-state index < -0.39 is 0 Å². The van der Waals surface area contributed by atoms with Crippen molar-refractivity contribution in [1.29, 1.82) is 0 Å². The number of carbonyl (C=O) groups is 1. The minimum absolute atomic E-state index is 0.135. The molecule has 3 rings (SSSR count). The summed E-state index contributed by atoms with van der Waals surface area (Å²) in [6.07, 6.45) is 3.57. The summed E-state index contributed by atoms with van der Waals surface area (Å²) in [5.74, 6) is 0.904. The number of nitrogens with zero attached hydrogens (tertiary/aromatic N) is 3. The van der Waals surface area contributed by atoms with E-state index in [9.17, 15) is 4.79 Å². The third kappa shape index (κ3) is 5.71. The highest BCUT2D eigenvalue weighted by Crippen LogP contribution is 2.27. The summed E-state index contributed by atoms with van der Waals surface area (Å²) in [6, 6.07) is 6.75. The summed E-state index contributed by atoms with van der Waals surface area (Å²) >= 11 is 11.9. The average molecular weight is 409 g/mol. The third-order valence-electron chi connectivity index (χ3n) is 4.25. The molecule has 1 aromatic heterocycles. The smallest absolute Gasteiger partial charge is 0.258 e. The number of ether oxygens (including phenoxy) is 1. The Hall–Kier alpha value is -2.05. The van der Waals surface area contributed by atoms with Gasteiger partial charge in [0.2, 0.25) is 5.95 Å². The Labute approximate surface area is 168 Å². The zero-order valence-electron chi connectivity index (χ0n) is 15.2. The van der Waals surface area contributed by atoms with E-state index in [0.29, 0.717) is 22.3 Å². The lowest BCUT2D eigenvalue weighted by Gasteiger charge is -2.27. The molecule has 1 fully saturated rings. The number of hydrogen-bond donors (Lipinski definition) is 1. The maximum Gasteiger partial charge on any atom is 0.258 e. The number of piperidine rings is 1. The molecular formula is C19H22Cl2N4O2. The van der Waals surface area contributed by atoms with Crippen molar-refractivity contribution in [3.8, 4) is 5.75 Å². The van der Waals surface area contributed by atoms with Crippen LogP contribution in [0, 0.1) is 6.92 Å². The SMILES string of the molecule is Cc1cc(CNC(=O)COc2ccc(Cl)cc2Cl)nc(N2CCCCC2)n1. The third-order valence-corrected chi connectivity index (χ3v) is 4.78. The molecule has 1 aromatic carbocycles. The van der Waals surface area contributed by atoms with Gasteiger partial charge in [-0.1, -0.05) is 23.2 Å². The van der Waals surface area contributed by atoms with Crippen molar-refractivity contribution in [2.24, 2.45) is 0 Å². The predicted octanol–water partition coefficient (Wildman–Crippen LogP) is 3.78. The van der Waals surface area contributed by atoms with Crippen molar-refractivity contribution >= 4 is 35.1 Å². The van der Waals surface area contributed by atoms with Gasteiger partial charge in [0.1, 0.15) is 5.75 Å². The second kappa shape index (κ2) is 9.24. The number of hydrogen-bond acceptors (Lipinski definition) is 5. The number of nitrogens with one attached hydrogen (secondary N) is 1. The first-order chi connectivity index (χ1) is 13.0. The molecule has 0 aliphatic carbocycles. The second-order valence-electron chi connectivity index (χ2n) is 6.49. The highest BCUT2D eigenvalue weighted by molar-refractivity contribution is 6.35. The zero-order chi connectivity index (χ0) is 19.2. The van der Waals surface area contributed by atoms with E-state index >= 15 is 0 Å². The molecule has 0 bridgehead atoms. The van der Waals surface area contributed by atoms with Gasteiger partial charge in [0.15, 0.2) is 6.61 Å². The number of halogens is 2. The highest BCUT2D eigenvalue weighted by atomic mass is 35.5. The Kier molecular flexibility index (Phi) is 6.74. The zero-order valence-corrected chi connectivity index (χ0v) is 16.7. The Morgan fingerprint density at radius 2 is 1.96 bits per heavy atom.